The molecule has 1 aliphatic carbocycles. The predicted molar refractivity (Wildman–Crippen MR) is 61.1 cm³/mol. The zero-order valence-corrected chi connectivity index (χ0v) is 8.24. The Kier molecular flexibility index (Phi) is 2.51. The van der Waals surface area contributed by atoms with Crippen LogP contribution in [0.15, 0.2) is 36.9 Å². The summed E-state index contributed by atoms with van der Waals surface area (Å²) in [6, 6.07) is 6.87. The summed E-state index contributed by atoms with van der Waals surface area (Å²) in [5.74, 6) is 0. The zero-order chi connectivity index (χ0) is 9.97. The van der Waals surface area contributed by atoms with Crippen molar-refractivity contribution in [2.75, 3.05) is 0 Å². The van der Waals surface area contributed by atoms with Gasteiger partial charge < -0.3 is 5.73 Å². The summed E-state index contributed by atoms with van der Waals surface area (Å²) in [6.07, 6.45) is 7.86. The molecule has 0 heterocycles. The molecule has 1 atom stereocenters. The Hall–Kier alpha value is -1.34. The lowest BCUT2D eigenvalue weighted by Gasteiger charge is -1.99. The second-order valence-electron chi connectivity index (χ2n) is 3.79. The molecule has 14 heavy (non-hydrogen) atoms. The van der Waals surface area contributed by atoms with Crippen molar-refractivity contribution in [3.8, 4) is 0 Å². The fourth-order valence-corrected chi connectivity index (χ4v) is 1.95. The highest BCUT2D eigenvalue weighted by Gasteiger charge is 2.17. The van der Waals surface area contributed by atoms with E-state index in [-0.39, 0.29) is 0 Å². The molecule has 0 saturated carbocycles. The van der Waals surface area contributed by atoms with Gasteiger partial charge in [0.05, 0.1) is 0 Å². The first-order valence-electron chi connectivity index (χ1n) is 4.96. The van der Waals surface area contributed by atoms with Crippen molar-refractivity contribution in [2.24, 2.45) is 5.73 Å². The highest BCUT2D eigenvalue weighted by Crippen LogP contribution is 2.22. The van der Waals surface area contributed by atoms with Gasteiger partial charge in [-0.3, -0.25) is 0 Å². The van der Waals surface area contributed by atoms with Crippen molar-refractivity contribution in [1.29, 1.82) is 0 Å². The van der Waals surface area contributed by atoms with Crippen LogP contribution in [0.25, 0.3) is 6.08 Å². The van der Waals surface area contributed by atoms with E-state index in [4.69, 9.17) is 5.73 Å². The second kappa shape index (κ2) is 3.81. The van der Waals surface area contributed by atoms with Crippen molar-refractivity contribution >= 4 is 6.08 Å². The maximum atomic E-state index is 5.90. The zero-order valence-electron chi connectivity index (χ0n) is 8.24. The molecular formula is C13H15N. The molecule has 1 nitrogen and oxygen atoms in total. The van der Waals surface area contributed by atoms with E-state index in [2.05, 4.69) is 30.9 Å². The minimum absolute atomic E-state index is 0.323. The second-order valence-corrected chi connectivity index (χ2v) is 3.79. The molecule has 0 spiro atoms. The lowest BCUT2D eigenvalue weighted by Crippen LogP contribution is -2.18. The molecular weight excluding hydrogens is 170 g/mol. The Morgan fingerprint density at radius 2 is 2.07 bits per heavy atom. The van der Waals surface area contributed by atoms with Gasteiger partial charge in [0.25, 0.3) is 0 Å². The number of hydrogen-bond acceptors (Lipinski definition) is 1. The van der Waals surface area contributed by atoms with Crippen molar-refractivity contribution in [2.45, 2.75) is 18.9 Å². The molecule has 2 rings (SSSR count). The molecule has 0 aromatic heterocycles. The molecule has 1 heteroatoms. The molecule has 0 fully saturated rings. The Morgan fingerprint density at radius 1 is 1.29 bits per heavy atom. The highest BCUT2D eigenvalue weighted by molar-refractivity contribution is 5.54. The van der Waals surface area contributed by atoms with Gasteiger partial charge in [0.2, 0.25) is 0 Å². The van der Waals surface area contributed by atoms with Crippen LogP contribution < -0.4 is 5.73 Å². The van der Waals surface area contributed by atoms with Crippen LogP contribution in [0.4, 0.5) is 0 Å². The fourth-order valence-electron chi connectivity index (χ4n) is 1.95. The van der Waals surface area contributed by atoms with Crippen LogP contribution >= 0.6 is 0 Å². The van der Waals surface area contributed by atoms with Crippen LogP contribution in [0, 0.1) is 0 Å². The number of hydrogen-bond donors (Lipinski definition) is 1. The van der Waals surface area contributed by atoms with E-state index in [0.717, 1.165) is 12.8 Å². The standard InChI is InChI=1S/C13H15N/c1-2-3-4-10-5-6-11-8-13(14)9-12(11)7-10/h2-7,13H,1,8-9,14H2. The van der Waals surface area contributed by atoms with Crippen LogP contribution in [0.5, 0.6) is 0 Å². The molecule has 0 aliphatic heterocycles. The Bertz CT molecular complexity index is 377. The molecule has 1 aromatic rings. The van der Waals surface area contributed by atoms with E-state index in [1.54, 1.807) is 6.08 Å². The number of fused-ring (bicyclic) bond motifs is 1. The van der Waals surface area contributed by atoms with Crippen LogP contribution in [-0.4, -0.2) is 6.04 Å². The van der Waals surface area contributed by atoms with Crippen molar-refractivity contribution in [1.82, 2.24) is 0 Å². The third-order valence-corrected chi connectivity index (χ3v) is 2.62. The summed E-state index contributed by atoms with van der Waals surface area (Å²) in [7, 11) is 0. The van der Waals surface area contributed by atoms with E-state index >= 15 is 0 Å². The molecule has 1 aromatic carbocycles. The summed E-state index contributed by atoms with van der Waals surface area (Å²) in [5.41, 5.74) is 9.95. The van der Waals surface area contributed by atoms with Gasteiger partial charge in [-0.15, -0.1) is 0 Å². The summed E-state index contributed by atoms with van der Waals surface area (Å²) in [5, 5.41) is 0. The SMILES string of the molecule is C=CC=Cc1ccc2c(c1)CC(N)C2. The maximum absolute atomic E-state index is 5.90. The van der Waals surface area contributed by atoms with Crippen molar-refractivity contribution in [3.05, 3.63) is 53.6 Å². The van der Waals surface area contributed by atoms with Gasteiger partial charge in [-0.05, 0) is 29.5 Å². The van der Waals surface area contributed by atoms with Crippen LogP contribution in [0.3, 0.4) is 0 Å². The van der Waals surface area contributed by atoms with Crippen molar-refractivity contribution in [3.63, 3.8) is 0 Å². The van der Waals surface area contributed by atoms with E-state index in [1.165, 1.54) is 16.7 Å². The minimum atomic E-state index is 0.323. The normalized spacial score (nSPS) is 19.9. The molecule has 0 amide bonds. The average molecular weight is 185 g/mol. The Labute approximate surface area is 84.9 Å². The first-order valence-corrected chi connectivity index (χ1v) is 4.96. The van der Waals surface area contributed by atoms with E-state index < -0.39 is 0 Å². The van der Waals surface area contributed by atoms with Gasteiger partial charge in [-0.1, -0.05) is 43.0 Å². The van der Waals surface area contributed by atoms with Gasteiger partial charge in [0, 0.05) is 6.04 Å². The lowest BCUT2D eigenvalue weighted by atomic mass is 10.1. The Balaban J connectivity index is 2.28. The molecule has 72 valence electrons. The largest absolute Gasteiger partial charge is 0.327 e. The molecule has 0 bridgehead atoms. The number of allylic oxidation sites excluding steroid dienone is 2. The van der Waals surface area contributed by atoms with Gasteiger partial charge in [-0.25, -0.2) is 0 Å². The third kappa shape index (κ3) is 1.78. The van der Waals surface area contributed by atoms with E-state index in [1.807, 2.05) is 6.08 Å². The van der Waals surface area contributed by atoms with Crippen LogP contribution in [-0.2, 0) is 12.8 Å². The van der Waals surface area contributed by atoms with Gasteiger partial charge in [0.15, 0.2) is 0 Å². The summed E-state index contributed by atoms with van der Waals surface area (Å²) < 4.78 is 0. The summed E-state index contributed by atoms with van der Waals surface area (Å²) >= 11 is 0. The molecule has 0 saturated heterocycles. The molecule has 2 N–H and O–H groups in total. The topological polar surface area (TPSA) is 26.0 Å². The quantitative estimate of drug-likeness (QED) is 0.703. The number of nitrogens with two attached hydrogens (primary N) is 1. The fraction of sp³-hybridized carbons (Fsp3) is 0.231. The van der Waals surface area contributed by atoms with Gasteiger partial charge >= 0.3 is 0 Å². The Morgan fingerprint density at radius 3 is 2.86 bits per heavy atom. The van der Waals surface area contributed by atoms with E-state index in [0.29, 0.717) is 6.04 Å². The number of benzene rings is 1. The smallest absolute Gasteiger partial charge is 0.0120 e. The summed E-state index contributed by atoms with van der Waals surface area (Å²) in [6.45, 7) is 3.65. The number of rotatable bonds is 2. The van der Waals surface area contributed by atoms with Crippen LogP contribution in [0.1, 0.15) is 16.7 Å². The summed E-state index contributed by atoms with van der Waals surface area (Å²) in [4.78, 5) is 0. The predicted octanol–water partition coefficient (Wildman–Crippen LogP) is 2.31. The monoisotopic (exact) mass is 185 g/mol. The van der Waals surface area contributed by atoms with Crippen LogP contribution in [0.2, 0.25) is 0 Å². The average Bonchev–Trinajstić information content (AvgIpc) is 2.54. The van der Waals surface area contributed by atoms with Gasteiger partial charge in [0.1, 0.15) is 0 Å². The molecule has 1 unspecified atom stereocenters. The van der Waals surface area contributed by atoms with Gasteiger partial charge in [-0.2, -0.15) is 0 Å². The maximum Gasteiger partial charge on any atom is 0.0120 e. The van der Waals surface area contributed by atoms with Crippen molar-refractivity contribution < 1.29 is 0 Å². The lowest BCUT2D eigenvalue weighted by molar-refractivity contribution is 0.721. The molecule has 0 radical (unpaired) electrons. The first-order chi connectivity index (χ1) is 6.79. The van der Waals surface area contributed by atoms with E-state index in [9.17, 15) is 0 Å². The molecule has 1 aliphatic rings. The highest BCUT2D eigenvalue weighted by atomic mass is 14.6. The third-order valence-electron chi connectivity index (χ3n) is 2.62. The minimum Gasteiger partial charge on any atom is -0.327 e. The first kappa shape index (κ1) is 9.22.